The van der Waals surface area contributed by atoms with Crippen LogP contribution in [0, 0.1) is 25.2 Å². The molecule has 0 spiro atoms. The van der Waals surface area contributed by atoms with Crippen molar-refractivity contribution in [3.05, 3.63) is 87.4 Å². The number of benzene rings is 3. The highest BCUT2D eigenvalue weighted by Gasteiger charge is 2.15. The molecule has 1 N–H and O–H groups in total. The van der Waals surface area contributed by atoms with E-state index in [1.54, 1.807) is 36.4 Å². The van der Waals surface area contributed by atoms with E-state index in [-0.39, 0.29) is 5.57 Å². The van der Waals surface area contributed by atoms with Crippen LogP contribution in [0.2, 0.25) is 5.02 Å². The molecule has 1 amide bonds. The molecule has 0 saturated heterocycles. The molecule has 186 valence electrons. The van der Waals surface area contributed by atoms with E-state index in [1.807, 2.05) is 26.0 Å². The number of amides is 1. The number of nitrogens with zero attached hydrogens (tertiary/aromatic N) is 1. The van der Waals surface area contributed by atoms with Crippen LogP contribution in [-0.2, 0) is 11.4 Å². The van der Waals surface area contributed by atoms with Crippen LogP contribution in [0.15, 0.2) is 60.2 Å². The van der Waals surface area contributed by atoms with Crippen molar-refractivity contribution >= 4 is 29.3 Å². The predicted molar refractivity (Wildman–Crippen MR) is 143 cm³/mol. The van der Waals surface area contributed by atoms with E-state index >= 15 is 0 Å². The molecule has 0 aliphatic heterocycles. The molecule has 6 nitrogen and oxygen atoms in total. The minimum absolute atomic E-state index is 0.0776. The summed E-state index contributed by atoms with van der Waals surface area (Å²) in [5.41, 5.74) is 4.42. The van der Waals surface area contributed by atoms with Crippen LogP contribution in [0.4, 0.5) is 5.69 Å². The summed E-state index contributed by atoms with van der Waals surface area (Å²) in [5, 5.41) is 12.7. The van der Waals surface area contributed by atoms with Crippen molar-refractivity contribution in [2.24, 2.45) is 0 Å². The third-order valence-electron chi connectivity index (χ3n) is 5.39. The average molecular weight is 505 g/mol. The zero-order valence-corrected chi connectivity index (χ0v) is 21.6. The maximum Gasteiger partial charge on any atom is 0.266 e. The maximum absolute atomic E-state index is 12.7. The van der Waals surface area contributed by atoms with Crippen LogP contribution >= 0.6 is 11.6 Å². The topological polar surface area (TPSA) is 80.6 Å². The van der Waals surface area contributed by atoms with Crippen molar-refractivity contribution < 1.29 is 19.0 Å². The first-order valence-electron chi connectivity index (χ1n) is 11.7. The number of nitriles is 1. The Morgan fingerprint density at radius 1 is 0.972 bits per heavy atom. The Kier molecular flexibility index (Phi) is 9.38. The number of halogens is 1. The third kappa shape index (κ3) is 7.03. The Hall–Kier alpha value is -3.95. The molecule has 36 heavy (non-hydrogen) atoms. The van der Waals surface area contributed by atoms with Crippen molar-refractivity contribution in [3.8, 4) is 23.3 Å². The number of aryl methyl sites for hydroxylation is 2. The lowest BCUT2D eigenvalue weighted by Gasteiger charge is -2.15. The summed E-state index contributed by atoms with van der Waals surface area (Å²) in [7, 11) is 0. The molecule has 0 aliphatic rings. The smallest absolute Gasteiger partial charge is 0.266 e. The molecular weight excluding hydrogens is 476 g/mol. The Morgan fingerprint density at radius 3 is 2.33 bits per heavy atom. The first-order chi connectivity index (χ1) is 17.3. The monoisotopic (exact) mass is 504 g/mol. The molecule has 0 fully saturated rings. The number of anilines is 1. The van der Waals surface area contributed by atoms with Gasteiger partial charge in [-0.2, -0.15) is 5.26 Å². The van der Waals surface area contributed by atoms with Gasteiger partial charge in [0.1, 0.15) is 24.0 Å². The van der Waals surface area contributed by atoms with Gasteiger partial charge in [-0.05, 0) is 92.4 Å². The molecular formula is C29H29ClN2O4. The van der Waals surface area contributed by atoms with Crippen molar-refractivity contribution in [1.82, 2.24) is 0 Å². The fourth-order valence-electron chi connectivity index (χ4n) is 3.44. The summed E-state index contributed by atoms with van der Waals surface area (Å²) in [5.74, 6) is 1.01. The molecule has 0 bridgehead atoms. The molecule has 7 heteroatoms. The standard InChI is InChI=1S/C29H29ClN2O4/c1-5-34-25-11-9-24(10-12-25)32-29(33)23(17-31)14-22-15-26(30)28(27(16-22)35-6-2)36-18-21-8-7-19(3)20(4)13-21/h7-16H,5-6,18H2,1-4H3,(H,32,33)/b23-14+. The number of carbonyl (C=O) groups is 1. The molecule has 3 aromatic carbocycles. The first-order valence-corrected chi connectivity index (χ1v) is 12.0. The van der Waals surface area contributed by atoms with Gasteiger partial charge in [-0.25, -0.2) is 0 Å². The van der Waals surface area contributed by atoms with Gasteiger partial charge >= 0.3 is 0 Å². The van der Waals surface area contributed by atoms with E-state index in [0.717, 1.165) is 5.56 Å². The summed E-state index contributed by atoms with van der Waals surface area (Å²) in [6.45, 7) is 9.13. The third-order valence-corrected chi connectivity index (χ3v) is 5.67. The number of rotatable bonds is 10. The predicted octanol–water partition coefficient (Wildman–Crippen LogP) is 6.88. The van der Waals surface area contributed by atoms with Crippen LogP contribution in [0.25, 0.3) is 6.08 Å². The Labute approximate surface area is 217 Å². The summed E-state index contributed by atoms with van der Waals surface area (Å²) in [4.78, 5) is 12.7. The highest BCUT2D eigenvalue weighted by molar-refractivity contribution is 6.32. The summed E-state index contributed by atoms with van der Waals surface area (Å²) in [6.07, 6.45) is 1.46. The number of nitrogens with one attached hydrogen (secondary N) is 1. The largest absolute Gasteiger partial charge is 0.494 e. The fourth-order valence-corrected chi connectivity index (χ4v) is 3.71. The Bertz CT molecular complexity index is 1290. The summed E-state index contributed by atoms with van der Waals surface area (Å²) < 4.78 is 17.2. The number of ether oxygens (including phenoxy) is 3. The van der Waals surface area contributed by atoms with Crippen LogP contribution in [0.5, 0.6) is 17.2 Å². The van der Waals surface area contributed by atoms with Gasteiger partial charge in [0.05, 0.1) is 18.2 Å². The minimum Gasteiger partial charge on any atom is -0.494 e. The molecule has 0 aliphatic carbocycles. The molecule has 3 rings (SSSR count). The van der Waals surface area contributed by atoms with Crippen molar-refractivity contribution in [3.63, 3.8) is 0 Å². The lowest BCUT2D eigenvalue weighted by atomic mass is 10.1. The van der Waals surface area contributed by atoms with Gasteiger partial charge < -0.3 is 19.5 Å². The zero-order chi connectivity index (χ0) is 26.1. The van der Waals surface area contributed by atoms with E-state index in [1.165, 1.54) is 17.2 Å². The van der Waals surface area contributed by atoms with Gasteiger partial charge in [0.15, 0.2) is 11.5 Å². The number of hydrogen-bond acceptors (Lipinski definition) is 5. The van der Waals surface area contributed by atoms with Gasteiger partial charge in [-0.3, -0.25) is 4.79 Å². The quantitative estimate of drug-likeness (QED) is 0.240. The summed E-state index contributed by atoms with van der Waals surface area (Å²) in [6, 6.07) is 18.4. The van der Waals surface area contributed by atoms with Gasteiger partial charge in [-0.1, -0.05) is 29.8 Å². The molecule has 0 aromatic heterocycles. The lowest BCUT2D eigenvalue weighted by molar-refractivity contribution is -0.112. The molecule has 0 atom stereocenters. The number of hydrogen-bond donors (Lipinski definition) is 1. The van der Waals surface area contributed by atoms with Crippen LogP contribution in [0.1, 0.15) is 36.1 Å². The van der Waals surface area contributed by atoms with Crippen molar-refractivity contribution in [1.29, 1.82) is 5.26 Å². The van der Waals surface area contributed by atoms with Crippen molar-refractivity contribution in [2.75, 3.05) is 18.5 Å². The molecule has 0 heterocycles. The van der Waals surface area contributed by atoms with Gasteiger partial charge in [0.25, 0.3) is 5.91 Å². The highest BCUT2D eigenvalue weighted by Crippen LogP contribution is 2.38. The van der Waals surface area contributed by atoms with Gasteiger partial charge in [-0.15, -0.1) is 0 Å². The van der Waals surface area contributed by atoms with E-state index in [0.29, 0.717) is 53.3 Å². The second kappa shape index (κ2) is 12.7. The highest BCUT2D eigenvalue weighted by atomic mass is 35.5. The van der Waals surface area contributed by atoms with Crippen LogP contribution < -0.4 is 19.5 Å². The minimum atomic E-state index is -0.536. The number of carbonyl (C=O) groups excluding carboxylic acids is 1. The van der Waals surface area contributed by atoms with Gasteiger partial charge in [0, 0.05) is 5.69 Å². The normalized spacial score (nSPS) is 10.9. The maximum atomic E-state index is 12.7. The first kappa shape index (κ1) is 26.7. The van der Waals surface area contributed by atoms with Gasteiger partial charge in [0.2, 0.25) is 0 Å². The second-order valence-corrected chi connectivity index (χ2v) is 8.46. The zero-order valence-electron chi connectivity index (χ0n) is 20.9. The van der Waals surface area contributed by atoms with Crippen LogP contribution in [0.3, 0.4) is 0 Å². The van der Waals surface area contributed by atoms with E-state index in [2.05, 4.69) is 31.3 Å². The fraction of sp³-hybridized carbons (Fsp3) is 0.241. The molecule has 0 radical (unpaired) electrons. The summed E-state index contributed by atoms with van der Waals surface area (Å²) >= 11 is 6.54. The lowest BCUT2D eigenvalue weighted by Crippen LogP contribution is -2.13. The average Bonchev–Trinajstić information content (AvgIpc) is 2.85. The Balaban J connectivity index is 1.80. The Morgan fingerprint density at radius 2 is 1.69 bits per heavy atom. The molecule has 0 unspecified atom stereocenters. The van der Waals surface area contributed by atoms with E-state index in [9.17, 15) is 10.1 Å². The van der Waals surface area contributed by atoms with Crippen molar-refractivity contribution in [2.45, 2.75) is 34.3 Å². The molecule has 3 aromatic rings. The van der Waals surface area contributed by atoms with E-state index in [4.69, 9.17) is 25.8 Å². The second-order valence-electron chi connectivity index (χ2n) is 8.05. The SMILES string of the molecule is CCOc1ccc(NC(=O)/C(C#N)=C/c2cc(Cl)c(OCc3ccc(C)c(C)c3)c(OCC)c2)cc1. The van der Waals surface area contributed by atoms with Crippen LogP contribution in [-0.4, -0.2) is 19.1 Å². The van der Waals surface area contributed by atoms with E-state index < -0.39 is 5.91 Å². The molecule has 0 saturated carbocycles.